The second-order valence-electron chi connectivity index (χ2n) is 5.55. The SMILES string of the molecule is CCCCCCCOc1ccc(C(=O)OSc2ccccc2)cc1.F.F.F.F.F. The van der Waals surface area contributed by atoms with Crippen molar-refractivity contribution in [1.82, 2.24) is 0 Å². The molecule has 0 aliphatic carbocycles. The zero-order valence-electron chi connectivity index (χ0n) is 16.1. The van der Waals surface area contributed by atoms with Crippen LogP contribution in [0.25, 0.3) is 0 Å². The van der Waals surface area contributed by atoms with Crippen molar-refractivity contribution in [2.75, 3.05) is 6.61 Å². The van der Waals surface area contributed by atoms with E-state index in [2.05, 4.69) is 6.92 Å². The van der Waals surface area contributed by atoms with Crippen molar-refractivity contribution in [1.29, 1.82) is 0 Å². The minimum atomic E-state index is -0.352. The van der Waals surface area contributed by atoms with Crippen molar-refractivity contribution in [2.24, 2.45) is 0 Å². The van der Waals surface area contributed by atoms with Crippen LogP contribution < -0.4 is 4.74 Å². The minimum Gasteiger partial charge on any atom is -0.494 e. The number of rotatable bonds is 10. The van der Waals surface area contributed by atoms with Crippen LogP contribution in [0.1, 0.15) is 49.4 Å². The summed E-state index contributed by atoms with van der Waals surface area (Å²) < 4.78 is 10.9. The number of halogens is 5. The van der Waals surface area contributed by atoms with Gasteiger partial charge in [-0.1, -0.05) is 50.8 Å². The molecule has 0 saturated carbocycles. The van der Waals surface area contributed by atoms with Crippen LogP contribution >= 0.6 is 12.0 Å². The topological polar surface area (TPSA) is 35.5 Å². The van der Waals surface area contributed by atoms with E-state index in [1.54, 1.807) is 12.1 Å². The van der Waals surface area contributed by atoms with Gasteiger partial charge in [0.25, 0.3) is 0 Å². The van der Waals surface area contributed by atoms with Gasteiger partial charge in [0.15, 0.2) is 0 Å². The van der Waals surface area contributed by atoms with Crippen molar-refractivity contribution in [3.05, 3.63) is 60.2 Å². The normalized spacial score (nSPS) is 8.59. The van der Waals surface area contributed by atoms with E-state index in [9.17, 15) is 4.79 Å². The molecule has 168 valence electrons. The Bertz CT molecular complexity index is 615. The van der Waals surface area contributed by atoms with Gasteiger partial charge in [0.2, 0.25) is 0 Å². The van der Waals surface area contributed by atoms with Gasteiger partial charge in [0.1, 0.15) is 5.75 Å². The Morgan fingerprint density at radius 2 is 1.38 bits per heavy atom. The average molecular weight is 445 g/mol. The van der Waals surface area contributed by atoms with Crippen LogP contribution in [-0.2, 0) is 4.18 Å². The fourth-order valence-corrected chi connectivity index (χ4v) is 2.73. The van der Waals surface area contributed by atoms with Gasteiger partial charge in [-0.3, -0.25) is 23.5 Å². The molecule has 0 spiro atoms. The summed E-state index contributed by atoms with van der Waals surface area (Å²) in [4.78, 5) is 12.9. The molecule has 0 fully saturated rings. The second-order valence-corrected chi connectivity index (χ2v) is 6.36. The van der Waals surface area contributed by atoms with Gasteiger partial charge in [-0.05, 0) is 42.8 Å². The lowest BCUT2D eigenvalue weighted by atomic mass is 10.2. The molecule has 2 aromatic rings. The largest absolute Gasteiger partial charge is 0.494 e. The third kappa shape index (κ3) is 13.5. The van der Waals surface area contributed by atoms with Gasteiger partial charge in [-0.25, -0.2) is 4.79 Å². The molecule has 3 nitrogen and oxygen atoms in total. The van der Waals surface area contributed by atoms with Crippen molar-refractivity contribution in [2.45, 2.75) is 43.9 Å². The Morgan fingerprint density at radius 3 is 1.97 bits per heavy atom. The lowest BCUT2D eigenvalue weighted by molar-refractivity contribution is 0.0768. The van der Waals surface area contributed by atoms with E-state index >= 15 is 0 Å². The van der Waals surface area contributed by atoms with Gasteiger partial charge in [0.05, 0.1) is 24.2 Å². The molecule has 0 bridgehead atoms. The summed E-state index contributed by atoms with van der Waals surface area (Å²) in [5.41, 5.74) is 0.522. The van der Waals surface area contributed by atoms with Gasteiger partial charge >= 0.3 is 5.97 Å². The van der Waals surface area contributed by atoms with E-state index in [0.29, 0.717) is 5.56 Å². The molecule has 0 heterocycles. The fraction of sp³-hybridized carbons (Fsp3) is 0.350. The Morgan fingerprint density at radius 1 is 0.793 bits per heavy atom. The Balaban J connectivity index is -0.000000625. The highest BCUT2D eigenvalue weighted by molar-refractivity contribution is 7.95. The molecule has 0 aliphatic rings. The molecule has 0 unspecified atom stereocenters. The average Bonchev–Trinajstić information content (AvgIpc) is 2.64. The molecule has 0 radical (unpaired) electrons. The summed E-state index contributed by atoms with van der Waals surface area (Å²) in [6.45, 7) is 2.93. The first-order valence-corrected chi connectivity index (χ1v) is 9.20. The van der Waals surface area contributed by atoms with Gasteiger partial charge in [-0.2, -0.15) is 0 Å². The minimum absolute atomic E-state index is 0. The van der Waals surface area contributed by atoms with Gasteiger partial charge in [-0.15, -0.1) is 0 Å². The summed E-state index contributed by atoms with van der Waals surface area (Å²) in [7, 11) is 0. The van der Waals surface area contributed by atoms with Crippen molar-refractivity contribution >= 4 is 18.0 Å². The van der Waals surface area contributed by atoms with E-state index in [1.165, 1.54) is 25.7 Å². The molecule has 0 N–H and O–H groups in total. The molecule has 0 aliphatic heterocycles. The van der Waals surface area contributed by atoms with Crippen LogP contribution in [0.4, 0.5) is 23.5 Å². The van der Waals surface area contributed by atoms with Crippen LogP contribution in [0.15, 0.2) is 59.5 Å². The maximum Gasteiger partial charge on any atom is 0.350 e. The summed E-state index contributed by atoms with van der Waals surface area (Å²) in [6, 6.07) is 16.6. The highest BCUT2D eigenvalue weighted by Gasteiger charge is 2.08. The number of hydrogen-bond acceptors (Lipinski definition) is 4. The predicted molar refractivity (Wildman–Crippen MR) is 111 cm³/mol. The molecule has 0 amide bonds. The number of carbonyl (C=O) groups is 1. The number of benzene rings is 2. The molecule has 9 heteroatoms. The predicted octanol–water partition coefficient (Wildman–Crippen LogP) is 6.66. The number of unbranched alkanes of at least 4 members (excludes halogenated alkanes) is 4. The molecular weight excluding hydrogens is 415 g/mol. The summed E-state index contributed by atoms with van der Waals surface area (Å²) >= 11 is 1.07. The van der Waals surface area contributed by atoms with E-state index < -0.39 is 0 Å². The third-order valence-corrected chi connectivity index (χ3v) is 4.26. The molecule has 0 saturated heterocycles. The summed E-state index contributed by atoms with van der Waals surface area (Å²) in [5, 5.41) is 0. The first kappa shape index (κ1) is 34.2. The third-order valence-electron chi connectivity index (χ3n) is 3.56. The van der Waals surface area contributed by atoms with Crippen LogP contribution in [0, 0.1) is 0 Å². The molecule has 29 heavy (non-hydrogen) atoms. The zero-order valence-corrected chi connectivity index (χ0v) is 16.9. The fourth-order valence-electron chi connectivity index (χ4n) is 2.19. The standard InChI is InChI=1S/C20H24O3S.5FH/c1-2-3-4-5-9-16-22-18-14-12-17(13-15-18)20(21)23-24-19-10-7-6-8-11-19;;;;;/h6-8,10-15H,2-5,9,16H2,1H3;5*1H. The van der Waals surface area contributed by atoms with Crippen molar-refractivity contribution in [3.8, 4) is 5.75 Å². The van der Waals surface area contributed by atoms with Crippen LogP contribution in [0.5, 0.6) is 5.75 Å². The number of ether oxygens (including phenoxy) is 1. The molecule has 2 aromatic carbocycles. The van der Waals surface area contributed by atoms with Crippen molar-refractivity contribution in [3.63, 3.8) is 0 Å². The van der Waals surface area contributed by atoms with E-state index in [0.717, 1.165) is 35.7 Å². The van der Waals surface area contributed by atoms with Crippen LogP contribution in [-0.4, -0.2) is 12.6 Å². The highest BCUT2D eigenvalue weighted by atomic mass is 32.2. The maximum absolute atomic E-state index is 12.0. The molecule has 2 rings (SSSR count). The summed E-state index contributed by atoms with van der Waals surface area (Å²) in [6.07, 6.45) is 6.08. The maximum atomic E-state index is 12.0. The molecule has 0 aromatic heterocycles. The zero-order chi connectivity index (χ0) is 17.0. The monoisotopic (exact) mass is 444 g/mol. The highest BCUT2D eigenvalue weighted by Crippen LogP contribution is 2.21. The molecule has 0 atom stereocenters. The Labute approximate surface area is 172 Å². The van der Waals surface area contributed by atoms with Crippen LogP contribution in [0.2, 0.25) is 0 Å². The molecular formula is C20H29F5O3S. The van der Waals surface area contributed by atoms with E-state index in [-0.39, 0.29) is 29.5 Å². The van der Waals surface area contributed by atoms with Gasteiger partial charge in [0, 0.05) is 4.90 Å². The van der Waals surface area contributed by atoms with Crippen molar-refractivity contribution < 1.29 is 37.2 Å². The lowest BCUT2D eigenvalue weighted by Gasteiger charge is -2.07. The Hall–Kier alpha value is -2.29. The summed E-state index contributed by atoms with van der Waals surface area (Å²) in [5.74, 6) is 0.438. The number of carbonyl (C=O) groups excluding carboxylic acids is 1. The first-order valence-electron chi connectivity index (χ1n) is 8.46. The van der Waals surface area contributed by atoms with E-state index in [4.69, 9.17) is 8.92 Å². The lowest BCUT2D eigenvalue weighted by Crippen LogP contribution is -2.01. The number of hydrogen-bond donors (Lipinski definition) is 0. The Kier molecular flexibility index (Phi) is 24.1. The first-order chi connectivity index (χ1) is 11.8. The van der Waals surface area contributed by atoms with E-state index in [1.807, 2.05) is 42.5 Å². The van der Waals surface area contributed by atoms with Crippen LogP contribution in [0.3, 0.4) is 0 Å². The quantitative estimate of drug-likeness (QED) is 0.233. The second kappa shape index (κ2) is 20.4. The smallest absolute Gasteiger partial charge is 0.350 e. The van der Waals surface area contributed by atoms with Gasteiger partial charge < -0.3 is 8.92 Å².